The third-order valence-electron chi connectivity index (χ3n) is 4.71. The number of nitrogens with one attached hydrogen (secondary N) is 2. The van der Waals surface area contributed by atoms with Gasteiger partial charge in [-0.2, -0.15) is 4.68 Å². The third-order valence-corrected chi connectivity index (χ3v) is 4.71. The third kappa shape index (κ3) is 3.09. The van der Waals surface area contributed by atoms with Crippen molar-refractivity contribution in [2.45, 2.75) is 19.9 Å². The van der Waals surface area contributed by atoms with E-state index in [-0.39, 0.29) is 5.91 Å². The Kier molecular flexibility index (Phi) is 4.52. The molecule has 0 bridgehead atoms. The Morgan fingerprint density at radius 1 is 1.14 bits per heavy atom. The molecule has 142 valence electrons. The molecule has 1 aromatic heterocycles. The minimum absolute atomic E-state index is 0.249. The molecule has 0 fully saturated rings. The number of fused-ring (bicyclic) bond motifs is 1. The Hall–Kier alpha value is -3.68. The number of amides is 1. The normalized spacial score (nSPS) is 15.6. The van der Waals surface area contributed by atoms with E-state index < -0.39 is 6.04 Å². The number of aromatic nitrogens is 4. The first-order chi connectivity index (χ1) is 13.6. The highest BCUT2D eigenvalue weighted by Crippen LogP contribution is 2.35. The second kappa shape index (κ2) is 7.15. The Morgan fingerprint density at radius 3 is 2.64 bits per heavy atom. The van der Waals surface area contributed by atoms with Gasteiger partial charge in [-0.15, -0.1) is 0 Å². The molecule has 28 heavy (non-hydrogen) atoms. The van der Waals surface area contributed by atoms with Crippen LogP contribution in [0.2, 0.25) is 0 Å². The summed E-state index contributed by atoms with van der Waals surface area (Å²) in [7, 11) is 1.57. The molecule has 8 nitrogen and oxygen atoms in total. The van der Waals surface area contributed by atoms with Gasteiger partial charge in [-0.05, 0) is 42.0 Å². The van der Waals surface area contributed by atoms with Gasteiger partial charge in [0.2, 0.25) is 5.95 Å². The summed E-state index contributed by atoms with van der Waals surface area (Å²) < 4.78 is 6.96. The number of carbonyl (C=O) groups is 1. The predicted molar refractivity (Wildman–Crippen MR) is 105 cm³/mol. The van der Waals surface area contributed by atoms with Crippen LogP contribution >= 0.6 is 0 Å². The zero-order chi connectivity index (χ0) is 19.7. The van der Waals surface area contributed by atoms with Crippen LogP contribution in [0.15, 0.2) is 59.8 Å². The summed E-state index contributed by atoms with van der Waals surface area (Å²) >= 11 is 0. The van der Waals surface area contributed by atoms with Gasteiger partial charge in [-0.25, -0.2) is 0 Å². The van der Waals surface area contributed by atoms with Gasteiger partial charge >= 0.3 is 0 Å². The second-order valence-corrected chi connectivity index (χ2v) is 6.58. The summed E-state index contributed by atoms with van der Waals surface area (Å²) in [5.41, 5.74) is 3.89. The highest BCUT2D eigenvalue weighted by Gasteiger charge is 2.34. The first-order valence-corrected chi connectivity index (χ1v) is 8.85. The van der Waals surface area contributed by atoms with Crippen molar-refractivity contribution in [1.29, 1.82) is 0 Å². The van der Waals surface area contributed by atoms with E-state index in [0.29, 0.717) is 28.7 Å². The van der Waals surface area contributed by atoms with Crippen molar-refractivity contribution >= 4 is 17.5 Å². The maximum absolute atomic E-state index is 13.3. The number of tetrazole rings is 1. The van der Waals surface area contributed by atoms with E-state index in [1.807, 2.05) is 50.2 Å². The predicted octanol–water partition coefficient (Wildman–Crippen LogP) is 2.92. The van der Waals surface area contributed by atoms with Gasteiger partial charge in [0.05, 0.1) is 18.4 Å². The van der Waals surface area contributed by atoms with Crippen molar-refractivity contribution in [3.8, 4) is 5.75 Å². The highest BCUT2D eigenvalue weighted by atomic mass is 16.5. The van der Waals surface area contributed by atoms with Crippen molar-refractivity contribution in [3.05, 3.63) is 70.9 Å². The number of rotatable bonds is 4. The fraction of sp³-hybridized carbons (Fsp3) is 0.200. The van der Waals surface area contributed by atoms with Crippen molar-refractivity contribution < 1.29 is 9.53 Å². The van der Waals surface area contributed by atoms with Crippen molar-refractivity contribution in [1.82, 2.24) is 20.2 Å². The number of nitrogens with zero attached hydrogens (tertiary/aromatic N) is 4. The molecule has 2 heterocycles. The Balaban J connectivity index is 1.76. The molecular formula is C20H20N6O2. The SMILES string of the molecule is COc1ccccc1NC(=O)C1=C(C)Nc2nnnn2[C@H]1c1ccc(C)cc1. The topological polar surface area (TPSA) is 94.0 Å². The number of ether oxygens (including phenoxy) is 1. The lowest BCUT2D eigenvalue weighted by molar-refractivity contribution is -0.113. The van der Waals surface area contributed by atoms with Crippen LogP contribution in [-0.4, -0.2) is 33.2 Å². The molecule has 0 aliphatic carbocycles. The minimum Gasteiger partial charge on any atom is -0.495 e. The van der Waals surface area contributed by atoms with Gasteiger partial charge in [-0.3, -0.25) is 4.79 Å². The average Bonchev–Trinajstić information content (AvgIpc) is 3.16. The number of benzene rings is 2. The van der Waals surface area contributed by atoms with Crippen LogP contribution in [0.5, 0.6) is 5.75 Å². The van der Waals surface area contributed by atoms with Crippen molar-refractivity contribution in [3.63, 3.8) is 0 Å². The number of aryl methyl sites for hydroxylation is 1. The van der Waals surface area contributed by atoms with Gasteiger partial charge in [0.25, 0.3) is 5.91 Å². The fourth-order valence-corrected chi connectivity index (χ4v) is 3.30. The first-order valence-electron chi connectivity index (χ1n) is 8.85. The molecule has 3 aromatic rings. The van der Waals surface area contributed by atoms with Crippen LogP contribution in [0.25, 0.3) is 0 Å². The van der Waals surface area contributed by atoms with Crippen LogP contribution in [0, 0.1) is 6.92 Å². The number of methoxy groups -OCH3 is 1. The molecule has 8 heteroatoms. The molecule has 2 N–H and O–H groups in total. The number of carbonyl (C=O) groups excluding carboxylic acids is 1. The Morgan fingerprint density at radius 2 is 1.89 bits per heavy atom. The zero-order valence-corrected chi connectivity index (χ0v) is 15.8. The quantitative estimate of drug-likeness (QED) is 0.727. The summed E-state index contributed by atoms with van der Waals surface area (Å²) in [5.74, 6) is 0.839. The maximum atomic E-state index is 13.3. The highest BCUT2D eigenvalue weighted by molar-refractivity contribution is 6.06. The zero-order valence-electron chi connectivity index (χ0n) is 15.8. The van der Waals surface area contributed by atoms with E-state index >= 15 is 0 Å². The van der Waals surface area contributed by atoms with Gasteiger partial charge in [-0.1, -0.05) is 47.1 Å². The molecule has 2 aromatic carbocycles. The molecule has 1 amide bonds. The van der Waals surface area contributed by atoms with Gasteiger partial charge < -0.3 is 15.4 Å². The van der Waals surface area contributed by atoms with Gasteiger partial charge in [0, 0.05) is 5.70 Å². The molecule has 0 saturated heterocycles. The Bertz CT molecular complexity index is 1050. The molecule has 4 rings (SSSR count). The monoisotopic (exact) mass is 376 g/mol. The summed E-state index contributed by atoms with van der Waals surface area (Å²) in [4.78, 5) is 13.3. The molecule has 0 spiro atoms. The van der Waals surface area contributed by atoms with Crippen LogP contribution in [0.3, 0.4) is 0 Å². The summed E-state index contributed by atoms with van der Waals surface area (Å²) in [5, 5.41) is 17.9. The Labute approximate surface area is 162 Å². The average molecular weight is 376 g/mol. The molecule has 0 unspecified atom stereocenters. The van der Waals surface area contributed by atoms with Crippen molar-refractivity contribution in [2.75, 3.05) is 17.7 Å². The van der Waals surface area contributed by atoms with E-state index in [1.165, 1.54) is 0 Å². The number of para-hydroxylation sites is 2. The minimum atomic E-state index is -0.443. The summed E-state index contributed by atoms with van der Waals surface area (Å²) in [6, 6.07) is 14.8. The molecular weight excluding hydrogens is 356 g/mol. The van der Waals surface area contributed by atoms with Crippen LogP contribution in [-0.2, 0) is 4.79 Å². The van der Waals surface area contributed by atoms with Crippen molar-refractivity contribution in [2.24, 2.45) is 0 Å². The van der Waals surface area contributed by atoms with E-state index in [9.17, 15) is 4.79 Å². The fourth-order valence-electron chi connectivity index (χ4n) is 3.30. The lowest BCUT2D eigenvalue weighted by Gasteiger charge is -2.28. The van der Waals surface area contributed by atoms with E-state index in [1.54, 1.807) is 23.9 Å². The first kappa shape index (κ1) is 17.7. The summed E-state index contributed by atoms with van der Waals surface area (Å²) in [6.45, 7) is 3.86. The molecule has 0 saturated carbocycles. The number of allylic oxidation sites excluding steroid dienone is 1. The number of hydrogen-bond donors (Lipinski definition) is 2. The number of hydrogen-bond acceptors (Lipinski definition) is 6. The van der Waals surface area contributed by atoms with Crippen LogP contribution in [0.4, 0.5) is 11.6 Å². The number of anilines is 2. The second-order valence-electron chi connectivity index (χ2n) is 6.58. The van der Waals surface area contributed by atoms with E-state index in [4.69, 9.17) is 4.74 Å². The standard InChI is InChI=1S/C20H20N6O2/c1-12-8-10-14(11-9-12)18-17(13(2)21-20-23-24-25-26(18)20)19(27)22-15-6-4-5-7-16(15)28-3/h4-11,18H,1-3H3,(H,22,27)(H,21,23,25)/t18-/m0/s1. The van der Waals surface area contributed by atoms with Crippen LogP contribution < -0.4 is 15.4 Å². The van der Waals surface area contributed by atoms with Crippen LogP contribution in [0.1, 0.15) is 24.1 Å². The van der Waals surface area contributed by atoms with Gasteiger partial charge in [0.1, 0.15) is 11.8 Å². The lowest BCUT2D eigenvalue weighted by atomic mass is 9.94. The maximum Gasteiger partial charge on any atom is 0.255 e. The molecule has 1 aliphatic rings. The molecule has 1 atom stereocenters. The summed E-state index contributed by atoms with van der Waals surface area (Å²) in [6.07, 6.45) is 0. The van der Waals surface area contributed by atoms with E-state index in [2.05, 4.69) is 26.2 Å². The molecule has 0 radical (unpaired) electrons. The van der Waals surface area contributed by atoms with Gasteiger partial charge in [0.15, 0.2) is 0 Å². The smallest absolute Gasteiger partial charge is 0.255 e. The molecule has 1 aliphatic heterocycles. The largest absolute Gasteiger partial charge is 0.495 e. The van der Waals surface area contributed by atoms with E-state index in [0.717, 1.165) is 11.1 Å². The lowest BCUT2D eigenvalue weighted by Crippen LogP contribution is -2.31.